The summed E-state index contributed by atoms with van der Waals surface area (Å²) in [6.45, 7) is 4.38. The van der Waals surface area contributed by atoms with E-state index in [0.717, 1.165) is 31.9 Å². The third-order valence-electron chi connectivity index (χ3n) is 5.03. The Morgan fingerprint density at radius 1 is 1.21 bits per heavy atom. The highest BCUT2D eigenvalue weighted by Gasteiger charge is 2.33. The summed E-state index contributed by atoms with van der Waals surface area (Å²) in [4.78, 5) is 0. The van der Waals surface area contributed by atoms with Gasteiger partial charge in [0.05, 0.1) is 12.7 Å². The third kappa shape index (κ3) is 4.44. The van der Waals surface area contributed by atoms with E-state index in [1.807, 2.05) is 0 Å². The van der Waals surface area contributed by atoms with Crippen LogP contribution in [0.15, 0.2) is 0 Å². The molecule has 1 aliphatic heterocycles. The van der Waals surface area contributed by atoms with Crippen LogP contribution >= 0.6 is 0 Å². The normalized spacial score (nSPS) is 36.3. The molecular weight excluding hydrogens is 238 g/mol. The summed E-state index contributed by atoms with van der Waals surface area (Å²) >= 11 is 0. The van der Waals surface area contributed by atoms with Gasteiger partial charge in [-0.1, -0.05) is 32.6 Å². The van der Waals surface area contributed by atoms with Crippen molar-refractivity contribution in [2.24, 2.45) is 5.92 Å². The van der Waals surface area contributed by atoms with Gasteiger partial charge in [0.1, 0.15) is 0 Å². The molecule has 2 rings (SSSR count). The lowest BCUT2D eigenvalue weighted by atomic mass is 9.89. The SMILES string of the molecule is CCCC1CCCC(CO)(NCC2CCCO2)CC1. The summed E-state index contributed by atoms with van der Waals surface area (Å²) < 4.78 is 5.68. The zero-order valence-corrected chi connectivity index (χ0v) is 12.5. The Hall–Kier alpha value is -0.120. The third-order valence-corrected chi connectivity index (χ3v) is 5.03. The van der Waals surface area contributed by atoms with E-state index in [-0.39, 0.29) is 12.1 Å². The molecule has 1 heterocycles. The van der Waals surface area contributed by atoms with Crippen molar-refractivity contribution < 1.29 is 9.84 Å². The van der Waals surface area contributed by atoms with Crippen molar-refractivity contribution in [2.45, 2.75) is 76.4 Å². The van der Waals surface area contributed by atoms with Crippen molar-refractivity contribution in [3.63, 3.8) is 0 Å². The lowest BCUT2D eigenvalue weighted by molar-refractivity contribution is 0.0823. The molecule has 0 spiro atoms. The predicted octanol–water partition coefficient (Wildman–Crippen LogP) is 2.87. The molecule has 19 heavy (non-hydrogen) atoms. The molecule has 0 radical (unpaired) electrons. The Morgan fingerprint density at radius 3 is 2.79 bits per heavy atom. The summed E-state index contributed by atoms with van der Waals surface area (Å²) in [6.07, 6.45) is 11.5. The van der Waals surface area contributed by atoms with E-state index in [1.165, 1.54) is 44.9 Å². The number of rotatable bonds is 6. The van der Waals surface area contributed by atoms with Crippen molar-refractivity contribution in [2.75, 3.05) is 19.8 Å². The van der Waals surface area contributed by atoms with Gasteiger partial charge in [-0.2, -0.15) is 0 Å². The van der Waals surface area contributed by atoms with Gasteiger partial charge in [-0.05, 0) is 38.0 Å². The highest BCUT2D eigenvalue weighted by atomic mass is 16.5. The number of aliphatic hydroxyl groups is 1. The van der Waals surface area contributed by atoms with E-state index in [9.17, 15) is 5.11 Å². The molecule has 2 N–H and O–H groups in total. The highest BCUT2D eigenvalue weighted by Crippen LogP contribution is 2.32. The number of hydrogen-bond donors (Lipinski definition) is 2. The Labute approximate surface area is 118 Å². The van der Waals surface area contributed by atoms with Crippen LogP contribution < -0.4 is 5.32 Å². The van der Waals surface area contributed by atoms with E-state index in [1.54, 1.807) is 0 Å². The largest absolute Gasteiger partial charge is 0.394 e. The summed E-state index contributed by atoms with van der Waals surface area (Å²) in [5, 5.41) is 13.5. The average molecular weight is 269 g/mol. The van der Waals surface area contributed by atoms with Crippen molar-refractivity contribution in [1.29, 1.82) is 0 Å². The second-order valence-electron chi connectivity index (χ2n) is 6.54. The van der Waals surface area contributed by atoms with Crippen LogP contribution in [0.2, 0.25) is 0 Å². The van der Waals surface area contributed by atoms with Gasteiger partial charge >= 0.3 is 0 Å². The second kappa shape index (κ2) is 7.61. The van der Waals surface area contributed by atoms with Gasteiger partial charge in [-0.3, -0.25) is 0 Å². The van der Waals surface area contributed by atoms with Gasteiger partial charge in [0, 0.05) is 18.7 Å². The maximum absolute atomic E-state index is 9.85. The van der Waals surface area contributed by atoms with Crippen LogP contribution in [0.5, 0.6) is 0 Å². The Balaban J connectivity index is 1.82. The Kier molecular flexibility index (Phi) is 6.11. The molecule has 0 aromatic carbocycles. The van der Waals surface area contributed by atoms with Gasteiger partial charge in [-0.15, -0.1) is 0 Å². The Bertz CT molecular complexity index is 253. The first-order valence-electron chi connectivity index (χ1n) is 8.25. The van der Waals surface area contributed by atoms with Crippen LogP contribution in [0.4, 0.5) is 0 Å². The minimum absolute atomic E-state index is 0.0333. The molecule has 2 aliphatic rings. The molecule has 1 saturated heterocycles. The molecule has 0 bridgehead atoms. The van der Waals surface area contributed by atoms with Crippen LogP contribution in [0.3, 0.4) is 0 Å². The molecule has 0 amide bonds. The van der Waals surface area contributed by atoms with Crippen LogP contribution in [-0.4, -0.2) is 36.5 Å². The van der Waals surface area contributed by atoms with Crippen molar-refractivity contribution in [3.05, 3.63) is 0 Å². The molecule has 3 unspecified atom stereocenters. The van der Waals surface area contributed by atoms with E-state index < -0.39 is 0 Å². The quantitative estimate of drug-likeness (QED) is 0.729. The van der Waals surface area contributed by atoms with E-state index in [0.29, 0.717) is 6.10 Å². The van der Waals surface area contributed by atoms with Crippen LogP contribution in [-0.2, 0) is 4.74 Å². The Morgan fingerprint density at radius 2 is 2.11 bits per heavy atom. The first kappa shape index (κ1) is 15.3. The molecule has 3 nitrogen and oxygen atoms in total. The number of aliphatic hydroxyl groups excluding tert-OH is 1. The fourth-order valence-electron chi connectivity index (χ4n) is 3.70. The number of ether oxygens (including phenoxy) is 1. The van der Waals surface area contributed by atoms with Gasteiger partial charge in [0.25, 0.3) is 0 Å². The van der Waals surface area contributed by atoms with Gasteiger partial charge in [0.2, 0.25) is 0 Å². The van der Waals surface area contributed by atoms with Gasteiger partial charge < -0.3 is 15.2 Å². The minimum atomic E-state index is -0.0333. The lowest BCUT2D eigenvalue weighted by Crippen LogP contribution is -2.50. The average Bonchev–Trinajstić information content (AvgIpc) is 2.87. The van der Waals surface area contributed by atoms with Crippen molar-refractivity contribution >= 4 is 0 Å². The standard InChI is InChI=1S/C16H31NO2/c1-2-5-14-6-3-9-16(13-18,10-8-14)17-12-15-7-4-11-19-15/h14-15,17-18H,2-13H2,1H3. The van der Waals surface area contributed by atoms with E-state index in [2.05, 4.69) is 12.2 Å². The first-order chi connectivity index (χ1) is 9.28. The predicted molar refractivity (Wildman–Crippen MR) is 78.3 cm³/mol. The molecule has 1 saturated carbocycles. The zero-order chi connectivity index (χ0) is 13.6. The second-order valence-corrected chi connectivity index (χ2v) is 6.54. The maximum atomic E-state index is 9.85. The summed E-state index contributed by atoms with van der Waals surface area (Å²) in [5.74, 6) is 0.878. The van der Waals surface area contributed by atoms with E-state index >= 15 is 0 Å². The van der Waals surface area contributed by atoms with Gasteiger partial charge in [0.15, 0.2) is 0 Å². The first-order valence-corrected chi connectivity index (χ1v) is 8.25. The van der Waals surface area contributed by atoms with Crippen molar-refractivity contribution in [3.8, 4) is 0 Å². The summed E-state index contributed by atoms with van der Waals surface area (Å²) in [7, 11) is 0. The zero-order valence-electron chi connectivity index (χ0n) is 12.5. The van der Waals surface area contributed by atoms with Crippen LogP contribution in [0.1, 0.15) is 64.7 Å². The monoisotopic (exact) mass is 269 g/mol. The topological polar surface area (TPSA) is 41.5 Å². The summed E-state index contributed by atoms with van der Waals surface area (Å²) in [5.41, 5.74) is -0.0333. The highest BCUT2D eigenvalue weighted by molar-refractivity contribution is 4.91. The van der Waals surface area contributed by atoms with Gasteiger partial charge in [-0.25, -0.2) is 0 Å². The van der Waals surface area contributed by atoms with E-state index in [4.69, 9.17) is 4.74 Å². The maximum Gasteiger partial charge on any atom is 0.0700 e. The van der Waals surface area contributed by atoms with Crippen LogP contribution in [0, 0.1) is 5.92 Å². The lowest BCUT2D eigenvalue weighted by Gasteiger charge is -2.33. The molecule has 2 fully saturated rings. The minimum Gasteiger partial charge on any atom is -0.394 e. The smallest absolute Gasteiger partial charge is 0.0700 e. The number of nitrogens with one attached hydrogen (secondary N) is 1. The molecular formula is C16H31NO2. The number of hydrogen-bond acceptors (Lipinski definition) is 3. The molecule has 3 heteroatoms. The van der Waals surface area contributed by atoms with Crippen LogP contribution in [0.25, 0.3) is 0 Å². The fourth-order valence-corrected chi connectivity index (χ4v) is 3.70. The fraction of sp³-hybridized carbons (Fsp3) is 1.00. The molecule has 0 aromatic rings. The molecule has 3 atom stereocenters. The molecule has 1 aliphatic carbocycles. The molecule has 0 aromatic heterocycles. The molecule has 112 valence electrons. The summed E-state index contributed by atoms with van der Waals surface area (Å²) in [6, 6.07) is 0. The van der Waals surface area contributed by atoms with Crippen molar-refractivity contribution in [1.82, 2.24) is 5.32 Å².